The molecule has 19 heavy (non-hydrogen) atoms. The molecule has 6 heteroatoms. The van der Waals surface area contributed by atoms with Crippen LogP contribution < -0.4 is 10.2 Å². The second kappa shape index (κ2) is 6.14. The van der Waals surface area contributed by atoms with Gasteiger partial charge in [-0.3, -0.25) is 0 Å². The van der Waals surface area contributed by atoms with E-state index in [1.807, 2.05) is 11.8 Å². The lowest BCUT2D eigenvalue weighted by Gasteiger charge is -2.24. The molecule has 0 aliphatic heterocycles. The predicted octanol–water partition coefficient (Wildman–Crippen LogP) is 2.41. The van der Waals surface area contributed by atoms with Crippen molar-refractivity contribution in [1.82, 2.24) is 4.98 Å². The van der Waals surface area contributed by atoms with Gasteiger partial charge in [0.2, 0.25) is 0 Å². The summed E-state index contributed by atoms with van der Waals surface area (Å²) in [5.74, 6) is -0.980. The Morgan fingerprint density at radius 1 is 1.42 bits per heavy atom. The molecule has 4 nitrogen and oxygen atoms in total. The SMILES string of the molecule is CCNc1nc(N(CCOC)C2CC2)c(F)cc1F. The number of methoxy groups -OCH3 is 1. The van der Waals surface area contributed by atoms with Crippen LogP contribution in [0.25, 0.3) is 0 Å². The molecule has 1 aliphatic rings. The van der Waals surface area contributed by atoms with Crippen molar-refractivity contribution >= 4 is 11.6 Å². The van der Waals surface area contributed by atoms with Gasteiger partial charge in [-0.2, -0.15) is 0 Å². The van der Waals surface area contributed by atoms with Gasteiger partial charge in [-0.15, -0.1) is 0 Å². The highest BCUT2D eigenvalue weighted by Gasteiger charge is 2.32. The van der Waals surface area contributed by atoms with Gasteiger partial charge in [-0.1, -0.05) is 0 Å². The number of nitrogens with zero attached hydrogens (tertiary/aromatic N) is 2. The molecule has 0 spiro atoms. The molecule has 0 radical (unpaired) electrons. The van der Waals surface area contributed by atoms with Crippen LogP contribution in [-0.2, 0) is 4.74 Å². The van der Waals surface area contributed by atoms with Crippen LogP contribution in [0.4, 0.5) is 20.4 Å². The third-order valence-corrected chi connectivity index (χ3v) is 3.05. The average Bonchev–Trinajstić information content (AvgIpc) is 3.19. The Bertz CT molecular complexity index is 438. The largest absolute Gasteiger partial charge is 0.383 e. The van der Waals surface area contributed by atoms with Crippen molar-refractivity contribution in [2.24, 2.45) is 0 Å². The molecule has 0 unspecified atom stereocenters. The van der Waals surface area contributed by atoms with Gasteiger partial charge in [0.05, 0.1) is 6.61 Å². The summed E-state index contributed by atoms with van der Waals surface area (Å²) in [7, 11) is 1.60. The summed E-state index contributed by atoms with van der Waals surface area (Å²) in [6.07, 6.45) is 2.03. The highest BCUT2D eigenvalue weighted by atomic mass is 19.1. The Kier molecular flexibility index (Phi) is 4.52. The Balaban J connectivity index is 2.26. The van der Waals surface area contributed by atoms with E-state index >= 15 is 0 Å². The maximum absolute atomic E-state index is 13.9. The van der Waals surface area contributed by atoms with E-state index in [2.05, 4.69) is 10.3 Å². The highest BCUT2D eigenvalue weighted by molar-refractivity contribution is 5.50. The Hall–Kier alpha value is -1.43. The lowest BCUT2D eigenvalue weighted by atomic mass is 10.3. The summed E-state index contributed by atoms with van der Waals surface area (Å²) in [6, 6.07) is 1.18. The van der Waals surface area contributed by atoms with Crippen LogP contribution in [0, 0.1) is 11.6 Å². The van der Waals surface area contributed by atoms with Crippen molar-refractivity contribution in [3.63, 3.8) is 0 Å². The summed E-state index contributed by atoms with van der Waals surface area (Å²) in [6.45, 7) is 3.43. The zero-order valence-corrected chi connectivity index (χ0v) is 11.2. The highest BCUT2D eigenvalue weighted by Crippen LogP contribution is 2.33. The van der Waals surface area contributed by atoms with E-state index in [-0.39, 0.29) is 17.7 Å². The fraction of sp³-hybridized carbons (Fsp3) is 0.615. The van der Waals surface area contributed by atoms with Crippen LogP contribution in [0.5, 0.6) is 0 Å². The smallest absolute Gasteiger partial charge is 0.168 e. The van der Waals surface area contributed by atoms with E-state index in [1.165, 1.54) is 0 Å². The molecule has 0 atom stereocenters. The van der Waals surface area contributed by atoms with Gasteiger partial charge in [-0.25, -0.2) is 13.8 Å². The topological polar surface area (TPSA) is 37.4 Å². The standard InChI is InChI=1S/C13H19F2N3O/c1-3-16-12-10(14)8-11(15)13(17-12)18(6-7-19-2)9-4-5-9/h8-9H,3-7H2,1-2H3,(H,16,17). The van der Waals surface area contributed by atoms with Gasteiger partial charge >= 0.3 is 0 Å². The van der Waals surface area contributed by atoms with Crippen molar-refractivity contribution in [3.8, 4) is 0 Å². The fourth-order valence-electron chi connectivity index (χ4n) is 1.99. The zero-order valence-electron chi connectivity index (χ0n) is 11.2. The second-order valence-electron chi connectivity index (χ2n) is 4.57. The molecule has 1 aliphatic carbocycles. The number of ether oxygens (including phenoxy) is 1. The van der Waals surface area contributed by atoms with E-state index < -0.39 is 11.6 Å². The van der Waals surface area contributed by atoms with E-state index in [9.17, 15) is 8.78 Å². The van der Waals surface area contributed by atoms with Gasteiger partial charge in [0.25, 0.3) is 0 Å². The van der Waals surface area contributed by atoms with Crippen LogP contribution >= 0.6 is 0 Å². The van der Waals surface area contributed by atoms with Crippen LogP contribution in [0.15, 0.2) is 6.07 Å². The van der Waals surface area contributed by atoms with Gasteiger partial charge in [0.1, 0.15) is 0 Å². The summed E-state index contributed by atoms with van der Waals surface area (Å²) < 4.78 is 32.5. The van der Waals surface area contributed by atoms with Crippen LogP contribution in [0.1, 0.15) is 19.8 Å². The normalized spacial score (nSPS) is 14.5. The van der Waals surface area contributed by atoms with E-state index in [4.69, 9.17) is 4.74 Å². The molecule has 1 fully saturated rings. The lowest BCUT2D eigenvalue weighted by Crippen LogP contribution is -2.31. The Labute approximate surface area is 111 Å². The number of anilines is 2. The number of pyridine rings is 1. The first-order valence-electron chi connectivity index (χ1n) is 6.52. The molecule has 0 aromatic carbocycles. The molecule has 1 N–H and O–H groups in total. The second-order valence-corrected chi connectivity index (χ2v) is 4.57. The van der Waals surface area contributed by atoms with Crippen molar-refractivity contribution in [2.75, 3.05) is 37.0 Å². The zero-order chi connectivity index (χ0) is 13.8. The molecule has 106 valence electrons. The molecule has 2 rings (SSSR count). The van der Waals surface area contributed by atoms with E-state index in [0.29, 0.717) is 19.7 Å². The van der Waals surface area contributed by atoms with Crippen LogP contribution in [0.2, 0.25) is 0 Å². The number of halogens is 2. The van der Waals surface area contributed by atoms with Crippen LogP contribution in [-0.4, -0.2) is 37.8 Å². The number of hydrogen-bond donors (Lipinski definition) is 1. The molecule has 1 aromatic heterocycles. The van der Waals surface area contributed by atoms with Crippen LogP contribution in [0.3, 0.4) is 0 Å². The summed E-state index contributed by atoms with van der Waals surface area (Å²) in [5.41, 5.74) is 0. The summed E-state index contributed by atoms with van der Waals surface area (Å²) in [5, 5.41) is 2.80. The predicted molar refractivity (Wildman–Crippen MR) is 70.6 cm³/mol. The average molecular weight is 271 g/mol. The first kappa shape index (κ1) is 14.0. The van der Waals surface area contributed by atoms with Gasteiger partial charge in [0.15, 0.2) is 23.3 Å². The van der Waals surface area contributed by atoms with Crippen molar-refractivity contribution < 1.29 is 13.5 Å². The Morgan fingerprint density at radius 2 is 2.16 bits per heavy atom. The lowest BCUT2D eigenvalue weighted by molar-refractivity contribution is 0.204. The van der Waals surface area contributed by atoms with Crippen molar-refractivity contribution in [3.05, 3.63) is 17.7 Å². The van der Waals surface area contributed by atoms with Gasteiger partial charge in [-0.05, 0) is 19.8 Å². The maximum atomic E-state index is 13.9. The molecule has 1 aromatic rings. The number of nitrogens with one attached hydrogen (secondary N) is 1. The molecule has 0 bridgehead atoms. The Morgan fingerprint density at radius 3 is 2.74 bits per heavy atom. The van der Waals surface area contributed by atoms with Gasteiger partial charge in [0, 0.05) is 32.3 Å². The van der Waals surface area contributed by atoms with Crippen molar-refractivity contribution in [2.45, 2.75) is 25.8 Å². The number of aromatic nitrogens is 1. The van der Waals surface area contributed by atoms with Crippen molar-refractivity contribution in [1.29, 1.82) is 0 Å². The first-order valence-corrected chi connectivity index (χ1v) is 6.52. The minimum absolute atomic E-state index is 0.0990. The van der Waals surface area contributed by atoms with E-state index in [0.717, 1.165) is 18.9 Å². The molecule has 0 saturated heterocycles. The summed E-state index contributed by atoms with van der Waals surface area (Å²) in [4.78, 5) is 5.95. The molecule has 0 amide bonds. The third kappa shape index (κ3) is 3.32. The van der Waals surface area contributed by atoms with Gasteiger partial charge < -0.3 is 15.0 Å². The molecular weight excluding hydrogens is 252 g/mol. The van der Waals surface area contributed by atoms with E-state index in [1.54, 1.807) is 7.11 Å². The quantitative estimate of drug-likeness (QED) is 0.826. The molecule has 1 saturated carbocycles. The number of rotatable bonds is 7. The third-order valence-electron chi connectivity index (χ3n) is 3.05. The summed E-state index contributed by atoms with van der Waals surface area (Å²) >= 11 is 0. The maximum Gasteiger partial charge on any atom is 0.168 e. The minimum Gasteiger partial charge on any atom is -0.383 e. The first-order chi connectivity index (χ1) is 9.17. The number of hydrogen-bond acceptors (Lipinski definition) is 4. The monoisotopic (exact) mass is 271 g/mol. The molecular formula is C13H19F2N3O. The fourth-order valence-corrected chi connectivity index (χ4v) is 1.99. The minimum atomic E-state index is -0.661. The molecule has 1 heterocycles.